The third-order valence-corrected chi connectivity index (χ3v) is 2.60. The first-order valence-electron chi connectivity index (χ1n) is 5.61. The van der Waals surface area contributed by atoms with Crippen molar-refractivity contribution in [3.05, 3.63) is 23.3 Å². The third kappa shape index (κ3) is 2.53. The Hall–Kier alpha value is -2.24. The number of hydrogen-bond donors (Lipinski definition) is 4. The molecular weight excluding hydrogens is 232 g/mol. The summed E-state index contributed by atoms with van der Waals surface area (Å²) < 4.78 is 0. The number of phenolic OH excluding ortho intramolecular Hbond substituents is 1. The molecule has 0 atom stereocenters. The number of guanidine groups is 1. The summed E-state index contributed by atoms with van der Waals surface area (Å²) in [6, 6.07) is 2.73. The average molecular weight is 250 g/mol. The Morgan fingerprint density at radius 3 is 2.61 bits per heavy atom. The van der Waals surface area contributed by atoms with Crippen LogP contribution in [0.2, 0.25) is 0 Å². The fraction of sp³-hybridized carbons (Fsp3) is 0.333. The molecule has 0 spiro atoms. The standard InChI is InChI=1S/C12H18N4O2/c1-4-15-12(18)16(11(13)14)10-7(2)5-6-9(17)8(10)3/h5-6,17H,4H2,1-3H3,(H3,13,14)(H,15,18). The molecule has 0 fully saturated rings. The number of aryl methyl sites for hydroxylation is 1. The molecule has 1 aromatic rings. The molecule has 1 aromatic carbocycles. The largest absolute Gasteiger partial charge is 0.508 e. The van der Waals surface area contributed by atoms with Crippen molar-refractivity contribution in [2.45, 2.75) is 20.8 Å². The molecule has 0 saturated carbocycles. The second-order valence-electron chi connectivity index (χ2n) is 3.93. The van der Waals surface area contributed by atoms with Gasteiger partial charge >= 0.3 is 6.03 Å². The van der Waals surface area contributed by atoms with E-state index in [-0.39, 0.29) is 5.75 Å². The van der Waals surface area contributed by atoms with E-state index in [9.17, 15) is 9.90 Å². The van der Waals surface area contributed by atoms with Gasteiger partial charge in [-0.25, -0.2) is 9.69 Å². The maximum atomic E-state index is 11.9. The molecule has 6 heteroatoms. The van der Waals surface area contributed by atoms with Gasteiger partial charge in [-0.05, 0) is 32.4 Å². The highest BCUT2D eigenvalue weighted by atomic mass is 16.3. The quantitative estimate of drug-likeness (QED) is 0.471. The Bertz CT molecular complexity index is 485. The monoisotopic (exact) mass is 250 g/mol. The number of aromatic hydroxyl groups is 1. The van der Waals surface area contributed by atoms with E-state index in [1.54, 1.807) is 32.9 Å². The van der Waals surface area contributed by atoms with Crippen molar-refractivity contribution in [2.24, 2.45) is 5.73 Å². The molecule has 0 radical (unpaired) electrons. The van der Waals surface area contributed by atoms with E-state index < -0.39 is 12.0 Å². The van der Waals surface area contributed by atoms with Crippen molar-refractivity contribution in [3.63, 3.8) is 0 Å². The van der Waals surface area contributed by atoms with Crippen molar-refractivity contribution in [2.75, 3.05) is 11.4 Å². The lowest BCUT2D eigenvalue weighted by Crippen LogP contribution is -2.47. The Morgan fingerprint density at radius 1 is 1.50 bits per heavy atom. The van der Waals surface area contributed by atoms with Crippen LogP contribution in [-0.4, -0.2) is 23.6 Å². The molecule has 0 aliphatic heterocycles. The molecule has 2 amide bonds. The Kier molecular flexibility index (Phi) is 4.14. The first-order valence-corrected chi connectivity index (χ1v) is 5.61. The lowest BCUT2D eigenvalue weighted by molar-refractivity contribution is 0.249. The number of rotatable bonds is 2. The van der Waals surface area contributed by atoms with E-state index in [0.29, 0.717) is 17.8 Å². The number of carbonyl (C=O) groups excluding carboxylic acids is 1. The first-order chi connectivity index (χ1) is 8.40. The van der Waals surface area contributed by atoms with E-state index in [4.69, 9.17) is 11.1 Å². The lowest BCUT2D eigenvalue weighted by Gasteiger charge is -2.24. The van der Waals surface area contributed by atoms with Crippen LogP contribution in [0, 0.1) is 19.3 Å². The maximum Gasteiger partial charge on any atom is 0.328 e. The number of phenols is 1. The summed E-state index contributed by atoms with van der Waals surface area (Å²) in [6.07, 6.45) is 0. The molecule has 5 N–H and O–H groups in total. The third-order valence-electron chi connectivity index (χ3n) is 2.60. The molecule has 1 rings (SSSR count). The number of carbonyl (C=O) groups is 1. The minimum Gasteiger partial charge on any atom is -0.508 e. The number of benzene rings is 1. The van der Waals surface area contributed by atoms with E-state index in [2.05, 4.69) is 5.32 Å². The second kappa shape index (κ2) is 5.39. The molecular formula is C12H18N4O2. The summed E-state index contributed by atoms with van der Waals surface area (Å²) in [4.78, 5) is 13.0. The molecule has 98 valence electrons. The number of anilines is 1. The van der Waals surface area contributed by atoms with Gasteiger partial charge in [-0.2, -0.15) is 0 Å². The van der Waals surface area contributed by atoms with Crippen LogP contribution in [0.25, 0.3) is 0 Å². The van der Waals surface area contributed by atoms with Crippen LogP contribution < -0.4 is 16.0 Å². The topological polar surface area (TPSA) is 102 Å². The van der Waals surface area contributed by atoms with E-state index in [1.807, 2.05) is 0 Å². The summed E-state index contributed by atoms with van der Waals surface area (Å²) in [5.74, 6) is -0.330. The molecule has 0 aliphatic rings. The van der Waals surface area contributed by atoms with Gasteiger partial charge in [0.1, 0.15) is 5.75 Å². The number of nitrogens with one attached hydrogen (secondary N) is 2. The molecule has 0 aliphatic carbocycles. The lowest BCUT2D eigenvalue weighted by atomic mass is 10.1. The van der Waals surface area contributed by atoms with Crippen LogP contribution in [0.5, 0.6) is 5.75 Å². The fourth-order valence-corrected chi connectivity index (χ4v) is 1.73. The summed E-state index contributed by atoms with van der Waals surface area (Å²) in [5, 5.41) is 19.8. The molecule has 0 saturated heterocycles. The van der Waals surface area contributed by atoms with Gasteiger partial charge < -0.3 is 16.2 Å². The molecule has 0 heterocycles. The summed E-state index contributed by atoms with van der Waals surface area (Å²) in [6.45, 7) is 5.67. The Balaban J connectivity index is 3.35. The zero-order valence-corrected chi connectivity index (χ0v) is 10.7. The van der Waals surface area contributed by atoms with Crippen LogP contribution in [0.4, 0.5) is 10.5 Å². The zero-order valence-electron chi connectivity index (χ0n) is 10.7. The Morgan fingerprint density at radius 2 is 2.11 bits per heavy atom. The first kappa shape index (κ1) is 13.8. The van der Waals surface area contributed by atoms with Crippen LogP contribution in [-0.2, 0) is 0 Å². The summed E-state index contributed by atoms with van der Waals surface area (Å²) in [7, 11) is 0. The SMILES string of the molecule is CCNC(=O)N(C(=N)N)c1c(C)ccc(O)c1C. The molecule has 0 unspecified atom stereocenters. The normalized spacial score (nSPS) is 9.94. The van der Waals surface area contributed by atoms with Crippen molar-refractivity contribution in [3.8, 4) is 5.75 Å². The number of amides is 2. The molecule has 18 heavy (non-hydrogen) atoms. The minimum absolute atomic E-state index is 0.0612. The van der Waals surface area contributed by atoms with Gasteiger partial charge in [0.05, 0.1) is 5.69 Å². The maximum absolute atomic E-state index is 11.9. The van der Waals surface area contributed by atoms with Gasteiger partial charge in [-0.3, -0.25) is 5.41 Å². The molecule has 6 nitrogen and oxygen atoms in total. The van der Waals surface area contributed by atoms with Crippen molar-refractivity contribution in [1.29, 1.82) is 5.41 Å². The van der Waals surface area contributed by atoms with Crippen molar-refractivity contribution < 1.29 is 9.90 Å². The highest BCUT2D eigenvalue weighted by molar-refractivity contribution is 6.14. The van der Waals surface area contributed by atoms with Crippen molar-refractivity contribution in [1.82, 2.24) is 5.32 Å². The summed E-state index contributed by atoms with van der Waals surface area (Å²) in [5.41, 5.74) is 7.16. The number of nitrogens with two attached hydrogens (primary N) is 1. The smallest absolute Gasteiger partial charge is 0.328 e. The highest BCUT2D eigenvalue weighted by Gasteiger charge is 2.22. The van der Waals surface area contributed by atoms with E-state index >= 15 is 0 Å². The highest BCUT2D eigenvalue weighted by Crippen LogP contribution is 2.31. The summed E-state index contributed by atoms with van der Waals surface area (Å²) >= 11 is 0. The predicted octanol–water partition coefficient (Wildman–Crippen LogP) is 1.44. The van der Waals surface area contributed by atoms with Gasteiger partial charge in [-0.1, -0.05) is 6.07 Å². The van der Waals surface area contributed by atoms with Gasteiger partial charge in [-0.15, -0.1) is 0 Å². The van der Waals surface area contributed by atoms with E-state index in [1.165, 1.54) is 0 Å². The van der Waals surface area contributed by atoms with Crippen LogP contribution in [0.3, 0.4) is 0 Å². The van der Waals surface area contributed by atoms with Gasteiger partial charge in [0.15, 0.2) is 0 Å². The second-order valence-corrected chi connectivity index (χ2v) is 3.93. The average Bonchev–Trinajstić information content (AvgIpc) is 2.29. The fourth-order valence-electron chi connectivity index (χ4n) is 1.73. The van der Waals surface area contributed by atoms with Crippen LogP contribution in [0.15, 0.2) is 12.1 Å². The molecule has 0 aromatic heterocycles. The van der Waals surface area contributed by atoms with Gasteiger partial charge in [0.25, 0.3) is 0 Å². The van der Waals surface area contributed by atoms with E-state index in [0.717, 1.165) is 10.5 Å². The van der Waals surface area contributed by atoms with Crippen molar-refractivity contribution >= 4 is 17.7 Å². The zero-order chi connectivity index (χ0) is 13.9. The number of nitrogens with zero attached hydrogens (tertiary/aromatic N) is 1. The van der Waals surface area contributed by atoms with Crippen LogP contribution >= 0.6 is 0 Å². The van der Waals surface area contributed by atoms with Crippen LogP contribution in [0.1, 0.15) is 18.1 Å². The number of hydrogen-bond acceptors (Lipinski definition) is 3. The van der Waals surface area contributed by atoms with Gasteiger partial charge in [0.2, 0.25) is 5.96 Å². The number of urea groups is 1. The minimum atomic E-state index is -0.484. The van der Waals surface area contributed by atoms with Gasteiger partial charge in [0, 0.05) is 12.1 Å². The Labute approximate surface area is 106 Å². The molecule has 0 bridgehead atoms. The predicted molar refractivity (Wildman–Crippen MR) is 71.0 cm³/mol.